The molecule has 0 aliphatic carbocycles. The highest BCUT2D eigenvalue weighted by molar-refractivity contribution is 7.47. The molecule has 0 fully saturated rings. The number of aliphatic hydroxyl groups is 1. The van der Waals surface area contributed by atoms with E-state index in [1.54, 1.807) is 0 Å². The number of aliphatic hydroxyl groups excluding tert-OH is 1. The molecule has 0 aromatic rings. The fraction of sp³-hybridized carbons (Fsp3) is 0.882. The molecule has 0 saturated carbocycles. The molecule has 0 amide bonds. The molecule has 0 aromatic carbocycles. The highest BCUT2D eigenvalue weighted by Gasteiger charge is 2.30. The SMILES string of the molecule is CCCCC/C=C\C/C=C\CCCCCCCC(=O)O[C@H](COC(=O)CCCCCCCCCCCCCCCCCCC)COP(=O)(O)OC[C@@H](O)COP(=O)(O)OC[C@@H](COC(=O)CCCCCCCCCCCCCCCCCCC)OC(=O)CCCCCCC/C=C\CCCCCCCC. The fourth-order valence-corrected chi connectivity index (χ4v) is 14.1. The molecule has 0 radical (unpaired) electrons. The lowest BCUT2D eigenvalue weighted by Gasteiger charge is -2.21. The predicted octanol–water partition coefficient (Wildman–Crippen LogP) is 25.5. The van der Waals surface area contributed by atoms with Gasteiger partial charge in [0.1, 0.15) is 19.3 Å². The Hall–Kier alpha value is -2.72. The molecule has 104 heavy (non-hydrogen) atoms. The molecule has 0 aliphatic heterocycles. The van der Waals surface area contributed by atoms with Crippen LogP contribution in [0, 0.1) is 0 Å². The molecule has 17 nitrogen and oxygen atoms in total. The van der Waals surface area contributed by atoms with Gasteiger partial charge >= 0.3 is 39.5 Å². The topological polar surface area (TPSA) is 237 Å². The van der Waals surface area contributed by atoms with Crippen LogP contribution in [-0.4, -0.2) is 96.7 Å². The maximum Gasteiger partial charge on any atom is 0.472 e. The number of carbonyl (C=O) groups is 4. The fourth-order valence-electron chi connectivity index (χ4n) is 12.5. The van der Waals surface area contributed by atoms with Gasteiger partial charge in [-0.05, 0) is 83.5 Å². The van der Waals surface area contributed by atoms with Gasteiger partial charge in [0.25, 0.3) is 0 Å². The minimum atomic E-state index is -4.97. The zero-order chi connectivity index (χ0) is 76.0. The van der Waals surface area contributed by atoms with E-state index >= 15 is 0 Å². The van der Waals surface area contributed by atoms with Gasteiger partial charge in [-0.2, -0.15) is 0 Å². The number of hydrogen-bond donors (Lipinski definition) is 3. The normalized spacial score (nSPS) is 14.0. The molecule has 0 saturated heterocycles. The van der Waals surface area contributed by atoms with E-state index in [0.29, 0.717) is 25.7 Å². The van der Waals surface area contributed by atoms with E-state index < -0.39 is 97.5 Å². The van der Waals surface area contributed by atoms with Crippen molar-refractivity contribution in [3.05, 3.63) is 36.5 Å². The third kappa shape index (κ3) is 77.4. The van der Waals surface area contributed by atoms with Gasteiger partial charge in [-0.3, -0.25) is 37.3 Å². The second-order valence-corrected chi connectivity index (χ2v) is 32.4. The second-order valence-electron chi connectivity index (χ2n) is 29.5. The summed E-state index contributed by atoms with van der Waals surface area (Å²) in [5, 5.41) is 10.7. The van der Waals surface area contributed by atoms with Crippen LogP contribution in [0.3, 0.4) is 0 Å². The van der Waals surface area contributed by atoms with Crippen molar-refractivity contribution < 1.29 is 80.2 Å². The van der Waals surface area contributed by atoms with Crippen LogP contribution in [0.5, 0.6) is 0 Å². The molecule has 5 atom stereocenters. The van der Waals surface area contributed by atoms with Crippen LogP contribution in [0.15, 0.2) is 36.5 Å². The molecule has 3 N–H and O–H groups in total. The number of ether oxygens (including phenoxy) is 4. The first-order valence-corrected chi connectivity index (χ1v) is 46.2. The first-order valence-electron chi connectivity index (χ1n) is 43.2. The van der Waals surface area contributed by atoms with E-state index in [9.17, 15) is 43.2 Å². The van der Waals surface area contributed by atoms with Crippen LogP contribution < -0.4 is 0 Å². The van der Waals surface area contributed by atoms with Gasteiger partial charge in [-0.25, -0.2) is 9.13 Å². The Balaban J connectivity index is 5.31. The molecule has 0 heterocycles. The van der Waals surface area contributed by atoms with Crippen molar-refractivity contribution in [3.8, 4) is 0 Å². The van der Waals surface area contributed by atoms with E-state index in [1.165, 1.54) is 225 Å². The van der Waals surface area contributed by atoms with Crippen molar-refractivity contribution in [1.82, 2.24) is 0 Å². The molecule has 0 spiro atoms. The van der Waals surface area contributed by atoms with Crippen LogP contribution >= 0.6 is 15.6 Å². The van der Waals surface area contributed by atoms with Gasteiger partial charge in [0.05, 0.1) is 26.4 Å². The van der Waals surface area contributed by atoms with Crippen molar-refractivity contribution in [2.75, 3.05) is 39.6 Å². The number of unbranched alkanes of at least 4 members (excludes halogenated alkanes) is 51. The average Bonchev–Trinajstić information content (AvgIpc) is 1.21. The highest BCUT2D eigenvalue weighted by Crippen LogP contribution is 2.45. The summed E-state index contributed by atoms with van der Waals surface area (Å²) in [4.78, 5) is 73.2. The third-order valence-electron chi connectivity index (χ3n) is 19.1. The molecule has 0 rings (SSSR count). The molecular weight excluding hydrogens is 1350 g/mol. The minimum Gasteiger partial charge on any atom is -0.462 e. The number of rotatable bonds is 83. The van der Waals surface area contributed by atoms with Gasteiger partial charge in [0.2, 0.25) is 0 Å². The number of phosphoric ester groups is 2. The Morgan fingerprint density at radius 2 is 0.471 bits per heavy atom. The smallest absolute Gasteiger partial charge is 0.462 e. The Morgan fingerprint density at radius 3 is 0.740 bits per heavy atom. The van der Waals surface area contributed by atoms with Crippen molar-refractivity contribution in [1.29, 1.82) is 0 Å². The maximum atomic E-state index is 13.1. The number of phosphoric acid groups is 2. The lowest BCUT2D eigenvalue weighted by atomic mass is 10.0. The number of allylic oxidation sites excluding steroid dienone is 6. The minimum absolute atomic E-state index is 0.0865. The second kappa shape index (κ2) is 78.4. The number of esters is 4. The van der Waals surface area contributed by atoms with Crippen LogP contribution in [0.2, 0.25) is 0 Å². The molecule has 0 bridgehead atoms. The standard InChI is InChI=1S/C85H160O17P2/c1-5-9-13-17-21-25-29-33-37-39-43-45-49-53-57-61-65-69-82(87)95-75-80(101-84(89)71-67-63-59-55-51-47-41-35-31-27-23-19-15-11-7-3)77-99-103(91,92)97-73-79(86)74-98-104(93,94)100-78-81(102-85(90)72-68-64-60-56-52-48-42-36-32-28-24-20-16-12-8-4)76-96-83(88)70-66-62-58-54-50-46-44-40-38-34-30-26-22-18-14-10-6-2/h23,27,35-36,41-42,79-81,86H,5-22,24-26,28-34,37-40,43-78H2,1-4H3,(H,91,92)(H,93,94)/b27-23-,41-35-,42-36-/t79-,80-,81-/m1/s1. The summed E-state index contributed by atoms with van der Waals surface area (Å²) in [5.74, 6) is -2.14. The zero-order valence-electron chi connectivity index (χ0n) is 67.2. The van der Waals surface area contributed by atoms with Crippen LogP contribution in [-0.2, 0) is 65.4 Å². The first-order chi connectivity index (χ1) is 50.7. The lowest BCUT2D eigenvalue weighted by Crippen LogP contribution is -2.30. The zero-order valence-corrected chi connectivity index (χ0v) is 69.0. The summed E-state index contributed by atoms with van der Waals surface area (Å²) < 4.78 is 68.8. The maximum absolute atomic E-state index is 13.1. The Morgan fingerprint density at radius 1 is 0.269 bits per heavy atom. The van der Waals surface area contributed by atoms with Gasteiger partial charge in [0.15, 0.2) is 12.2 Å². The Bertz CT molecular complexity index is 2110. The van der Waals surface area contributed by atoms with Gasteiger partial charge < -0.3 is 33.8 Å². The summed E-state index contributed by atoms with van der Waals surface area (Å²) in [7, 11) is -9.94. The van der Waals surface area contributed by atoms with E-state index in [4.69, 9.17) is 37.0 Å². The van der Waals surface area contributed by atoms with Gasteiger partial charge in [-0.1, -0.05) is 353 Å². The summed E-state index contributed by atoms with van der Waals surface area (Å²) in [6.07, 6.45) is 76.7. The number of hydrogen-bond acceptors (Lipinski definition) is 15. The monoisotopic (exact) mass is 1520 g/mol. The summed E-state index contributed by atoms with van der Waals surface area (Å²) in [6.45, 7) is 4.96. The van der Waals surface area contributed by atoms with Crippen molar-refractivity contribution in [3.63, 3.8) is 0 Å². The quantitative estimate of drug-likeness (QED) is 0.0169. The first kappa shape index (κ1) is 101. The van der Waals surface area contributed by atoms with Crippen molar-refractivity contribution in [2.24, 2.45) is 0 Å². The summed E-state index contributed by atoms with van der Waals surface area (Å²) >= 11 is 0. The predicted molar refractivity (Wildman–Crippen MR) is 428 cm³/mol. The molecule has 612 valence electrons. The third-order valence-corrected chi connectivity index (χ3v) is 21.0. The van der Waals surface area contributed by atoms with E-state index in [0.717, 1.165) is 122 Å². The van der Waals surface area contributed by atoms with E-state index in [1.807, 2.05) is 0 Å². The van der Waals surface area contributed by atoms with Gasteiger partial charge in [0, 0.05) is 25.7 Å². The van der Waals surface area contributed by atoms with Crippen LogP contribution in [0.4, 0.5) is 0 Å². The lowest BCUT2D eigenvalue weighted by molar-refractivity contribution is -0.161. The largest absolute Gasteiger partial charge is 0.472 e. The van der Waals surface area contributed by atoms with E-state index in [2.05, 4.69) is 64.2 Å². The Labute approximate surface area is 636 Å². The molecular formula is C85H160O17P2. The van der Waals surface area contributed by atoms with Crippen LogP contribution in [0.1, 0.15) is 426 Å². The van der Waals surface area contributed by atoms with Crippen molar-refractivity contribution in [2.45, 2.75) is 444 Å². The molecule has 19 heteroatoms. The van der Waals surface area contributed by atoms with E-state index in [-0.39, 0.29) is 25.7 Å². The van der Waals surface area contributed by atoms with Crippen LogP contribution in [0.25, 0.3) is 0 Å². The molecule has 0 aromatic heterocycles. The summed E-state index contributed by atoms with van der Waals surface area (Å²) in [5.41, 5.74) is 0. The summed E-state index contributed by atoms with van der Waals surface area (Å²) in [6, 6.07) is 0. The van der Waals surface area contributed by atoms with Crippen molar-refractivity contribution >= 4 is 39.5 Å². The highest BCUT2D eigenvalue weighted by atomic mass is 31.2. The molecule has 2 unspecified atom stereocenters. The number of carbonyl (C=O) groups excluding carboxylic acids is 4. The average molecular weight is 1520 g/mol. The molecule has 0 aliphatic rings. The van der Waals surface area contributed by atoms with Gasteiger partial charge in [-0.15, -0.1) is 0 Å². The Kier molecular flexibility index (Phi) is 76.4.